The minimum absolute atomic E-state index is 0.367. The minimum atomic E-state index is -0.959. The third kappa shape index (κ3) is 2.02. The van der Waals surface area contributed by atoms with Crippen LogP contribution in [-0.4, -0.2) is 10.2 Å². The van der Waals surface area contributed by atoms with Crippen molar-refractivity contribution in [3.05, 3.63) is 84.1 Å². The van der Waals surface area contributed by atoms with Gasteiger partial charge in [-0.15, -0.1) is 10.2 Å². The smallest absolute Gasteiger partial charge is 0.246 e. The molecule has 1 aromatic heterocycles. The molecule has 0 N–H and O–H groups in total. The van der Waals surface area contributed by atoms with Gasteiger partial charge in [-0.3, -0.25) is 0 Å². The van der Waals surface area contributed by atoms with Crippen molar-refractivity contribution in [3.8, 4) is 0 Å². The van der Waals surface area contributed by atoms with E-state index in [-0.39, 0.29) is 0 Å². The van der Waals surface area contributed by atoms with Crippen molar-refractivity contribution in [2.75, 3.05) is 0 Å². The normalized spacial score (nSPS) is 11.4. The van der Waals surface area contributed by atoms with Crippen molar-refractivity contribution >= 4 is 11.6 Å². The molecule has 0 atom stereocenters. The highest BCUT2D eigenvalue weighted by Gasteiger charge is 2.38. The van der Waals surface area contributed by atoms with Gasteiger partial charge in [0.05, 0.1) is 0 Å². The summed E-state index contributed by atoms with van der Waals surface area (Å²) in [6.07, 6.45) is 1.29. The Labute approximate surface area is 115 Å². The van der Waals surface area contributed by atoms with E-state index in [4.69, 9.17) is 16.0 Å². The molecule has 0 radical (unpaired) electrons. The molecule has 0 unspecified atom stereocenters. The van der Waals surface area contributed by atoms with Crippen molar-refractivity contribution in [1.29, 1.82) is 0 Å². The van der Waals surface area contributed by atoms with Gasteiger partial charge < -0.3 is 4.42 Å². The Kier molecular flexibility index (Phi) is 3.05. The average molecular weight is 271 g/mol. The Bertz CT molecular complexity index is 599. The van der Waals surface area contributed by atoms with Crippen LogP contribution in [0.2, 0.25) is 0 Å². The van der Waals surface area contributed by atoms with E-state index in [1.165, 1.54) is 6.39 Å². The molecule has 3 rings (SSSR count). The lowest BCUT2D eigenvalue weighted by Gasteiger charge is -2.24. The summed E-state index contributed by atoms with van der Waals surface area (Å²) >= 11 is 6.86. The van der Waals surface area contributed by atoms with E-state index in [0.29, 0.717) is 5.89 Å². The fourth-order valence-electron chi connectivity index (χ4n) is 2.07. The van der Waals surface area contributed by atoms with E-state index in [1.807, 2.05) is 60.7 Å². The first-order valence-electron chi connectivity index (χ1n) is 5.88. The summed E-state index contributed by atoms with van der Waals surface area (Å²) in [5, 5.41) is 7.73. The quantitative estimate of drug-likeness (QED) is 0.683. The van der Waals surface area contributed by atoms with Crippen LogP contribution < -0.4 is 0 Å². The zero-order valence-corrected chi connectivity index (χ0v) is 10.8. The molecular weight excluding hydrogens is 260 g/mol. The van der Waals surface area contributed by atoms with Gasteiger partial charge >= 0.3 is 0 Å². The van der Waals surface area contributed by atoms with Gasteiger partial charge in [-0.25, -0.2) is 0 Å². The summed E-state index contributed by atoms with van der Waals surface area (Å²) in [4.78, 5) is -0.959. The molecule has 3 nitrogen and oxygen atoms in total. The third-order valence-electron chi connectivity index (χ3n) is 3.00. The Morgan fingerprint density at radius 3 is 1.79 bits per heavy atom. The molecule has 0 saturated carbocycles. The summed E-state index contributed by atoms with van der Waals surface area (Å²) in [5.41, 5.74) is 1.79. The highest BCUT2D eigenvalue weighted by Crippen LogP contribution is 2.41. The lowest BCUT2D eigenvalue weighted by atomic mass is 9.90. The van der Waals surface area contributed by atoms with Crippen molar-refractivity contribution in [1.82, 2.24) is 10.2 Å². The molecular formula is C15H11ClN2O. The first kappa shape index (κ1) is 11.9. The highest BCUT2D eigenvalue weighted by molar-refractivity contribution is 6.27. The number of benzene rings is 2. The lowest BCUT2D eigenvalue weighted by Crippen LogP contribution is -2.22. The monoisotopic (exact) mass is 270 g/mol. The Morgan fingerprint density at radius 2 is 1.37 bits per heavy atom. The molecule has 4 heteroatoms. The molecule has 1 heterocycles. The summed E-state index contributed by atoms with van der Waals surface area (Å²) in [6.45, 7) is 0. The van der Waals surface area contributed by atoms with E-state index < -0.39 is 4.87 Å². The fraction of sp³-hybridized carbons (Fsp3) is 0.0667. The van der Waals surface area contributed by atoms with Crippen molar-refractivity contribution in [2.45, 2.75) is 4.87 Å². The molecule has 0 aliphatic rings. The molecule has 3 aromatic rings. The van der Waals surface area contributed by atoms with E-state index in [0.717, 1.165) is 11.1 Å². The molecule has 0 fully saturated rings. The summed E-state index contributed by atoms with van der Waals surface area (Å²) in [7, 11) is 0. The van der Waals surface area contributed by atoms with Gasteiger partial charge in [0.1, 0.15) is 0 Å². The topological polar surface area (TPSA) is 38.9 Å². The number of hydrogen-bond donors (Lipinski definition) is 0. The number of rotatable bonds is 3. The molecule has 0 aliphatic heterocycles. The minimum Gasteiger partial charge on any atom is -0.425 e. The standard InChI is InChI=1S/C15H11ClN2O/c16-15(14-18-17-11-19-14,12-7-3-1-4-8-12)13-9-5-2-6-10-13/h1-11H. The van der Waals surface area contributed by atoms with Gasteiger partial charge in [-0.05, 0) is 11.1 Å². The van der Waals surface area contributed by atoms with E-state index >= 15 is 0 Å². The van der Waals surface area contributed by atoms with Gasteiger partial charge in [0.2, 0.25) is 12.3 Å². The van der Waals surface area contributed by atoms with E-state index in [9.17, 15) is 0 Å². The lowest BCUT2D eigenvalue weighted by molar-refractivity contribution is 0.470. The second kappa shape index (κ2) is 4.86. The van der Waals surface area contributed by atoms with Crippen LogP contribution in [0.15, 0.2) is 71.5 Å². The Morgan fingerprint density at radius 1 is 0.842 bits per heavy atom. The fourth-order valence-corrected chi connectivity index (χ4v) is 2.41. The van der Waals surface area contributed by atoms with Crippen LogP contribution >= 0.6 is 11.6 Å². The molecule has 0 spiro atoms. The SMILES string of the molecule is ClC(c1ccccc1)(c1ccccc1)c1nnco1. The summed E-state index contributed by atoms with van der Waals surface area (Å²) in [5.74, 6) is 0.367. The second-order valence-corrected chi connectivity index (χ2v) is 4.70. The highest BCUT2D eigenvalue weighted by atomic mass is 35.5. The van der Waals surface area contributed by atoms with Crippen LogP contribution in [-0.2, 0) is 4.87 Å². The maximum Gasteiger partial charge on any atom is 0.246 e. The number of halogens is 1. The predicted octanol–water partition coefficient (Wildman–Crippen LogP) is 3.60. The van der Waals surface area contributed by atoms with Crippen molar-refractivity contribution in [3.63, 3.8) is 0 Å². The number of hydrogen-bond acceptors (Lipinski definition) is 3. The molecule has 0 amide bonds. The van der Waals surface area contributed by atoms with Gasteiger partial charge in [0.25, 0.3) is 0 Å². The summed E-state index contributed by atoms with van der Waals surface area (Å²) in [6, 6.07) is 19.4. The Balaban J connectivity index is 2.23. The first-order chi connectivity index (χ1) is 9.32. The Hall–Kier alpha value is -2.13. The molecule has 2 aromatic carbocycles. The van der Waals surface area contributed by atoms with E-state index in [2.05, 4.69) is 10.2 Å². The van der Waals surface area contributed by atoms with Crippen LogP contribution in [0.5, 0.6) is 0 Å². The molecule has 0 aliphatic carbocycles. The van der Waals surface area contributed by atoms with Gasteiger partial charge in [0, 0.05) is 0 Å². The second-order valence-electron chi connectivity index (χ2n) is 4.13. The molecule has 19 heavy (non-hydrogen) atoms. The van der Waals surface area contributed by atoms with Crippen molar-refractivity contribution in [2.24, 2.45) is 0 Å². The summed E-state index contributed by atoms with van der Waals surface area (Å²) < 4.78 is 5.35. The zero-order chi connectivity index (χ0) is 13.1. The van der Waals surface area contributed by atoms with E-state index in [1.54, 1.807) is 0 Å². The van der Waals surface area contributed by atoms with Crippen LogP contribution in [0, 0.1) is 0 Å². The predicted molar refractivity (Wildman–Crippen MR) is 72.9 cm³/mol. The number of aromatic nitrogens is 2. The van der Waals surface area contributed by atoms with Gasteiger partial charge in [-0.2, -0.15) is 0 Å². The van der Waals surface area contributed by atoms with Gasteiger partial charge in [-0.1, -0.05) is 72.3 Å². The number of alkyl halides is 1. The average Bonchev–Trinajstić information content (AvgIpc) is 3.03. The third-order valence-corrected chi connectivity index (χ3v) is 3.60. The van der Waals surface area contributed by atoms with Crippen LogP contribution in [0.4, 0.5) is 0 Å². The van der Waals surface area contributed by atoms with Crippen LogP contribution in [0.3, 0.4) is 0 Å². The maximum absolute atomic E-state index is 6.86. The van der Waals surface area contributed by atoms with Crippen LogP contribution in [0.1, 0.15) is 17.0 Å². The first-order valence-corrected chi connectivity index (χ1v) is 6.26. The molecule has 0 saturated heterocycles. The zero-order valence-electron chi connectivity index (χ0n) is 10.0. The number of nitrogens with zero attached hydrogens (tertiary/aromatic N) is 2. The maximum atomic E-state index is 6.86. The largest absolute Gasteiger partial charge is 0.425 e. The van der Waals surface area contributed by atoms with Crippen LogP contribution in [0.25, 0.3) is 0 Å². The molecule has 94 valence electrons. The van der Waals surface area contributed by atoms with Gasteiger partial charge in [0.15, 0.2) is 4.87 Å². The van der Waals surface area contributed by atoms with Crippen molar-refractivity contribution < 1.29 is 4.42 Å². The molecule has 0 bridgehead atoms.